The van der Waals surface area contributed by atoms with Crippen LogP contribution in [-0.4, -0.2) is 0 Å². The molecule has 0 aliphatic carbocycles. The van der Waals surface area contributed by atoms with Crippen molar-refractivity contribution in [3.63, 3.8) is 0 Å². The highest BCUT2D eigenvalue weighted by atomic mass is 14.2. The minimum Gasteiger partial charge on any atom is -0.0622 e. The SMILES string of the molecule is c1ccc(-c2ccc(-c3cccc(-c4cc(-c5cccc(-c6cccc(-c7cccc(-c8ccccc8)c7)c6)c5)cc(-c5cc(-c6cccc(-c7ccc(-c8ccccc8)cc7)c6)cc(-c6cccc(-c7cccc(-c8cccc(-c9ccccc9)c8)c7)c6)c5)c4)c3)cc2)cc1. The van der Waals surface area contributed by atoms with Crippen LogP contribution < -0.4 is 0 Å². The van der Waals surface area contributed by atoms with Gasteiger partial charge in [0.2, 0.25) is 0 Å². The van der Waals surface area contributed by atoms with Crippen LogP contribution in [0.5, 0.6) is 0 Å². The Bertz CT molecular complexity index is 5070. The van der Waals surface area contributed by atoms with Crippen LogP contribution in [0.2, 0.25) is 0 Å². The van der Waals surface area contributed by atoms with Gasteiger partial charge in [0.05, 0.1) is 0 Å². The van der Waals surface area contributed by atoms with Crippen molar-refractivity contribution in [1.29, 1.82) is 0 Å². The molecule has 0 amide bonds. The largest absolute Gasteiger partial charge is 0.0622 e. The highest BCUT2D eigenvalue weighted by Gasteiger charge is 2.16. The summed E-state index contributed by atoms with van der Waals surface area (Å²) < 4.78 is 0. The molecule has 0 bridgehead atoms. The second-order valence-electron chi connectivity index (χ2n) is 24.9. The van der Waals surface area contributed by atoms with E-state index in [4.69, 9.17) is 0 Å². The molecule has 16 aromatic rings. The van der Waals surface area contributed by atoms with Crippen LogP contribution in [0, 0.1) is 0 Å². The third-order valence-corrected chi connectivity index (χ3v) is 18.6. The first-order valence-corrected chi connectivity index (χ1v) is 33.1. The standard InChI is InChI=1S/C96H66/c1-5-21-67(22-6-1)71-45-49-73(50-46-71)77-31-15-41-87(55-77)91-61-93(89-43-19-39-85(59-89)83-37-17-35-81(57-83)79-33-13-29-75(53-79)69-25-9-3-10-26-69)65-95(63-91)96-64-92(88-42-16-32-78(56-88)74-51-47-72(48-52-74)68-23-7-2-8-24-68)62-94(66-96)90-44-20-40-86(60-90)84-38-18-36-82(58-84)80-34-14-30-76(54-80)70-27-11-4-12-28-70/h1-66H. The first-order chi connectivity index (χ1) is 47.5. The zero-order valence-electron chi connectivity index (χ0n) is 53.1. The second-order valence-corrected chi connectivity index (χ2v) is 24.9. The molecule has 0 spiro atoms. The summed E-state index contributed by atoms with van der Waals surface area (Å²) in [5.41, 5.74) is 35.1. The van der Waals surface area contributed by atoms with Gasteiger partial charge < -0.3 is 0 Å². The van der Waals surface area contributed by atoms with E-state index in [2.05, 4.69) is 400 Å². The number of hydrogen-bond acceptors (Lipinski definition) is 0. The van der Waals surface area contributed by atoms with Crippen molar-refractivity contribution in [2.45, 2.75) is 0 Å². The topological polar surface area (TPSA) is 0 Å². The molecule has 450 valence electrons. The lowest BCUT2D eigenvalue weighted by Gasteiger charge is -2.16. The average Bonchev–Trinajstić information content (AvgIpc) is 0.805. The van der Waals surface area contributed by atoms with Gasteiger partial charge in [-0.1, -0.05) is 315 Å². The molecular weight excluding hydrogens is 1150 g/mol. The molecule has 0 fully saturated rings. The minimum absolute atomic E-state index is 1.13. The summed E-state index contributed by atoms with van der Waals surface area (Å²) in [6, 6.07) is 147. The first-order valence-electron chi connectivity index (χ1n) is 33.1. The average molecular weight is 1220 g/mol. The van der Waals surface area contributed by atoms with E-state index in [1.165, 1.54) is 100 Å². The highest BCUT2D eigenvalue weighted by molar-refractivity contribution is 5.90. The predicted molar refractivity (Wildman–Crippen MR) is 408 cm³/mol. The van der Waals surface area contributed by atoms with Gasteiger partial charge in [0, 0.05) is 0 Å². The lowest BCUT2D eigenvalue weighted by Crippen LogP contribution is -1.91. The van der Waals surface area contributed by atoms with E-state index in [0.29, 0.717) is 0 Å². The molecule has 96 heavy (non-hydrogen) atoms. The fraction of sp³-hybridized carbons (Fsp3) is 0. The fourth-order valence-electron chi connectivity index (χ4n) is 13.5. The summed E-state index contributed by atoms with van der Waals surface area (Å²) >= 11 is 0. The van der Waals surface area contributed by atoms with Crippen molar-refractivity contribution < 1.29 is 0 Å². The Morgan fingerprint density at radius 1 is 0.0625 bits per heavy atom. The molecule has 0 aromatic heterocycles. The second kappa shape index (κ2) is 26.6. The van der Waals surface area contributed by atoms with Crippen LogP contribution in [0.3, 0.4) is 0 Å². The van der Waals surface area contributed by atoms with Crippen molar-refractivity contribution >= 4 is 0 Å². The van der Waals surface area contributed by atoms with E-state index in [0.717, 1.165) is 66.8 Å². The quantitative estimate of drug-likeness (QED) is 0.0960. The maximum Gasteiger partial charge on any atom is -0.0171 e. The third-order valence-electron chi connectivity index (χ3n) is 18.6. The van der Waals surface area contributed by atoms with Crippen molar-refractivity contribution in [3.8, 4) is 167 Å². The van der Waals surface area contributed by atoms with Gasteiger partial charge in [-0.25, -0.2) is 0 Å². The van der Waals surface area contributed by atoms with Gasteiger partial charge in [-0.15, -0.1) is 0 Å². The molecule has 0 unspecified atom stereocenters. The maximum atomic E-state index is 2.41. The van der Waals surface area contributed by atoms with Gasteiger partial charge in [-0.3, -0.25) is 0 Å². The Balaban J connectivity index is 0.827. The summed E-state index contributed by atoms with van der Waals surface area (Å²) in [5.74, 6) is 0. The Kier molecular flexibility index (Phi) is 16.2. The van der Waals surface area contributed by atoms with Crippen LogP contribution in [0.25, 0.3) is 167 Å². The van der Waals surface area contributed by atoms with Crippen LogP contribution in [0.15, 0.2) is 400 Å². The van der Waals surface area contributed by atoms with Gasteiger partial charge in [0.1, 0.15) is 0 Å². The van der Waals surface area contributed by atoms with E-state index >= 15 is 0 Å². The van der Waals surface area contributed by atoms with Crippen LogP contribution in [0.4, 0.5) is 0 Å². The predicted octanol–water partition coefficient (Wildman–Crippen LogP) is 26.7. The lowest BCUT2D eigenvalue weighted by molar-refractivity contribution is 1.53. The molecule has 0 heterocycles. The van der Waals surface area contributed by atoms with Gasteiger partial charge in [0.25, 0.3) is 0 Å². The molecule has 16 rings (SSSR count). The molecule has 0 nitrogen and oxygen atoms in total. The van der Waals surface area contributed by atoms with Gasteiger partial charge in [-0.2, -0.15) is 0 Å². The molecule has 0 saturated carbocycles. The molecule has 16 aromatic carbocycles. The normalized spacial score (nSPS) is 11.1. The van der Waals surface area contributed by atoms with Crippen molar-refractivity contribution in [3.05, 3.63) is 400 Å². The van der Waals surface area contributed by atoms with Crippen LogP contribution in [-0.2, 0) is 0 Å². The summed E-state index contributed by atoms with van der Waals surface area (Å²) in [4.78, 5) is 0. The Morgan fingerprint density at radius 3 is 0.333 bits per heavy atom. The highest BCUT2D eigenvalue weighted by Crippen LogP contribution is 2.42. The van der Waals surface area contributed by atoms with E-state index in [1.807, 2.05) is 0 Å². The van der Waals surface area contributed by atoms with E-state index in [1.54, 1.807) is 0 Å². The third kappa shape index (κ3) is 12.8. The molecule has 0 heteroatoms. The van der Waals surface area contributed by atoms with Crippen molar-refractivity contribution in [2.24, 2.45) is 0 Å². The molecule has 0 aliphatic heterocycles. The Morgan fingerprint density at radius 2 is 0.156 bits per heavy atom. The molecule has 0 radical (unpaired) electrons. The van der Waals surface area contributed by atoms with Gasteiger partial charge >= 0.3 is 0 Å². The zero-order valence-corrected chi connectivity index (χ0v) is 53.1. The van der Waals surface area contributed by atoms with Crippen LogP contribution in [0.1, 0.15) is 0 Å². The van der Waals surface area contributed by atoms with Gasteiger partial charge in [0.15, 0.2) is 0 Å². The maximum absolute atomic E-state index is 2.41. The summed E-state index contributed by atoms with van der Waals surface area (Å²) in [6.07, 6.45) is 0. The molecule has 0 N–H and O–H groups in total. The van der Waals surface area contributed by atoms with Gasteiger partial charge in [-0.05, 0) is 252 Å². The smallest absolute Gasteiger partial charge is 0.0171 e. The van der Waals surface area contributed by atoms with E-state index < -0.39 is 0 Å². The molecular formula is C96H66. The lowest BCUT2D eigenvalue weighted by atomic mass is 9.88. The van der Waals surface area contributed by atoms with Crippen molar-refractivity contribution in [1.82, 2.24) is 0 Å². The number of hydrogen-bond donors (Lipinski definition) is 0. The fourth-order valence-corrected chi connectivity index (χ4v) is 13.5. The summed E-state index contributed by atoms with van der Waals surface area (Å²) in [5, 5.41) is 0. The monoisotopic (exact) mass is 1220 g/mol. The Labute approximate surface area is 563 Å². The summed E-state index contributed by atoms with van der Waals surface area (Å²) in [6.45, 7) is 0. The van der Waals surface area contributed by atoms with E-state index in [-0.39, 0.29) is 0 Å². The minimum atomic E-state index is 1.13. The first kappa shape index (κ1) is 58.6. The number of benzene rings is 16. The van der Waals surface area contributed by atoms with Crippen molar-refractivity contribution in [2.75, 3.05) is 0 Å². The summed E-state index contributed by atoms with van der Waals surface area (Å²) in [7, 11) is 0. The Hall–Kier alpha value is -12.5. The molecule has 0 atom stereocenters. The molecule has 0 saturated heterocycles. The van der Waals surface area contributed by atoms with E-state index in [9.17, 15) is 0 Å². The zero-order chi connectivity index (χ0) is 64.0. The van der Waals surface area contributed by atoms with Crippen LogP contribution >= 0.6 is 0 Å². The molecule has 0 aliphatic rings. The number of rotatable bonds is 15.